The first-order valence-electron chi connectivity index (χ1n) is 15.3. The number of likely N-dealkylation sites (tertiary alicyclic amines) is 2. The Morgan fingerprint density at radius 1 is 1.07 bits per heavy atom. The summed E-state index contributed by atoms with van der Waals surface area (Å²) in [4.78, 5) is 32.2. The summed E-state index contributed by atoms with van der Waals surface area (Å²) in [5.41, 5.74) is 1.95. The normalized spacial score (nSPS) is 23.3. The highest BCUT2D eigenvalue weighted by molar-refractivity contribution is 6.31. The van der Waals surface area contributed by atoms with Crippen molar-refractivity contribution in [1.29, 1.82) is 0 Å². The number of hydrogen-bond donors (Lipinski definition) is 1. The molecule has 1 aliphatic carbocycles. The van der Waals surface area contributed by atoms with Crippen LogP contribution in [0.25, 0.3) is 0 Å². The van der Waals surface area contributed by atoms with Gasteiger partial charge in [-0.25, -0.2) is 4.39 Å². The van der Waals surface area contributed by atoms with E-state index in [1.54, 1.807) is 6.07 Å². The van der Waals surface area contributed by atoms with Gasteiger partial charge in [0.1, 0.15) is 11.9 Å². The summed E-state index contributed by atoms with van der Waals surface area (Å²) in [7, 11) is 0. The third-order valence-electron chi connectivity index (χ3n) is 9.71. The maximum Gasteiger partial charge on any atom is 0.320 e. The number of hydrogen-bond acceptors (Lipinski definition) is 4. The van der Waals surface area contributed by atoms with Gasteiger partial charge in [0.05, 0.1) is 6.42 Å². The van der Waals surface area contributed by atoms with Crippen molar-refractivity contribution in [2.24, 2.45) is 11.8 Å². The van der Waals surface area contributed by atoms with E-state index < -0.39 is 17.8 Å². The second-order valence-corrected chi connectivity index (χ2v) is 12.6. The Hall–Kier alpha value is -2.48. The maximum atomic E-state index is 13.5. The van der Waals surface area contributed by atoms with Crippen LogP contribution in [0, 0.1) is 17.7 Å². The molecule has 8 heteroatoms. The van der Waals surface area contributed by atoms with Gasteiger partial charge >= 0.3 is 5.97 Å². The third-order valence-corrected chi connectivity index (χ3v) is 10.1. The van der Waals surface area contributed by atoms with Gasteiger partial charge in [0, 0.05) is 56.3 Å². The van der Waals surface area contributed by atoms with Crippen LogP contribution in [-0.2, 0) is 16.0 Å². The molecule has 41 heavy (non-hydrogen) atoms. The van der Waals surface area contributed by atoms with Crippen LogP contribution in [0.1, 0.15) is 62.5 Å². The van der Waals surface area contributed by atoms with Gasteiger partial charge in [0.15, 0.2) is 0 Å². The lowest BCUT2D eigenvalue weighted by atomic mass is 9.80. The first-order valence-corrected chi connectivity index (χ1v) is 15.7. The van der Waals surface area contributed by atoms with E-state index in [0.717, 1.165) is 64.8 Å². The Kier molecular flexibility index (Phi) is 9.99. The van der Waals surface area contributed by atoms with Crippen molar-refractivity contribution >= 4 is 23.5 Å². The Bertz CT molecular complexity index is 1190. The van der Waals surface area contributed by atoms with E-state index in [9.17, 15) is 19.1 Å². The van der Waals surface area contributed by atoms with E-state index in [1.807, 2.05) is 17.9 Å². The summed E-state index contributed by atoms with van der Waals surface area (Å²) in [5.74, 6) is 0.168. The fourth-order valence-electron chi connectivity index (χ4n) is 7.19. The van der Waals surface area contributed by atoms with Crippen LogP contribution in [0.4, 0.5) is 4.39 Å². The highest BCUT2D eigenvalue weighted by atomic mass is 35.5. The first kappa shape index (κ1) is 30.0. The minimum Gasteiger partial charge on any atom is -0.480 e. The van der Waals surface area contributed by atoms with Crippen LogP contribution in [0.15, 0.2) is 48.5 Å². The SMILES string of the molecule is CCN(C(=O)Cc1ccc(F)cc1Cl)C1CCN(CC2CN(C(CC3CCC3)C(=O)O)CC2c2ccccc2)CC1. The van der Waals surface area contributed by atoms with E-state index in [0.29, 0.717) is 34.9 Å². The number of carbonyl (C=O) groups is 2. The molecule has 5 rings (SSSR count). The molecular formula is C33H43ClFN3O3. The predicted molar refractivity (Wildman–Crippen MR) is 160 cm³/mol. The van der Waals surface area contributed by atoms with E-state index in [4.69, 9.17) is 11.6 Å². The molecule has 0 spiro atoms. The van der Waals surface area contributed by atoms with E-state index in [2.05, 4.69) is 34.1 Å². The highest BCUT2D eigenvalue weighted by Crippen LogP contribution is 2.38. The Morgan fingerprint density at radius 2 is 1.80 bits per heavy atom. The van der Waals surface area contributed by atoms with Gasteiger partial charge in [-0.05, 0) is 61.3 Å². The average molecular weight is 584 g/mol. The standard InChI is InChI=1S/C33H43ClFN3O3/c1-2-38(32(39)18-25-11-12-27(35)19-30(25)34)28-13-15-36(16-14-28)20-26-21-37(22-29(26)24-9-4-3-5-10-24)31(33(40)41)17-23-7-6-8-23/h3-5,9-12,19,23,26,28-29,31H,2,6-8,13-18,20-22H2,1H3,(H,40,41). The number of rotatable bonds is 11. The van der Waals surface area contributed by atoms with Crippen molar-refractivity contribution in [3.05, 3.63) is 70.5 Å². The van der Waals surface area contributed by atoms with Gasteiger partial charge < -0.3 is 14.9 Å². The lowest BCUT2D eigenvalue weighted by Gasteiger charge is -2.39. The zero-order valence-electron chi connectivity index (χ0n) is 24.1. The maximum absolute atomic E-state index is 13.5. The molecule has 3 fully saturated rings. The fourth-order valence-corrected chi connectivity index (χ4v) is 7.42. The number of aliphatic carboxylic acids is 1. The Morgan fingerprint density at radius 3 is 2.41 bits per heavy atom. The predicted octanol–water partition coefficient (Wildman–Crippen LogP) is 5.69. The second-order valence-electron chi connectivity index (χ2n) is 12.2. The second kappa shape index (κ2) is 13.7. The molecule has 2 aromatic carbocycles. The molecule has 2 aliphatic heterocycles. The number of likely N-dealkylation sites (N-methyl/N-ethyl adjacent to an activating group) is 1. The quantitative estimate of drug-likeness (QED) is 0.368. The molecular weight excluding hydrogens is 541 g/mol. The third kappa shape index (κ3) is 7.30. The molecule has 2 saturated heterocycles. The van der Waals surface area contributed by atoms with E-state index in [1.165, 1.54) is 24.1 Å². The summed E-state index contributed by atoms with van der Waals surface area (Å²) >= 11 is 6.19. The molecule has 0 bridgehead atoms. The van der Waals surface area contributed by atoms with Crippen molar-refractivity contribution < 1.29 is 19.1 Å². The molecule has 6 nitrogen and oxygen atoms in total. The lowest BCUT2D eigenvalue weighted by molar-refractivity contribution is -0.144. The van der Waals surface area contributed by atoms with Crippen molar-refractivity contribution in [2.75, 3.05) is 39.3 Å². The van der Waals surface area contributed by atoms with Gasteiger partial charge in [-0.15, -0.1) is 0 Å². The molecule has 1 saturated carbocycles. The highest BCUT2D eigenvalue weighted by Gasteiger charge is 2.41. The molecule has 0 aromatic heterocycles. The lowest BCUT2D eigenvalue weighted by Crippen LogP contribution is -2.49. The smallest absolute Gasteiger partial charge is 0.320 e. The molecule has 2 heterocycles. The van der Waals surface area contributed by atoms with Crippen LogP contribution >= 0.6 is 11.6 Å². The Labute approximate surface area is 248 Å². The van der Waals surface area contributed by atoms with Crippen LogP contribution in [0.3, 0.4) is 0 Å². The van der Waals surface area contributed by atoms with E-state index in [-0.39, 0.29) is 18.4 Å². The average Bonchev–Trinajstić information content (AvgIpc) is 3.34. The summed E-state index contributed by atoms with van der Waals surface area (Å²) in [6, 6.07) is 14.6. The Balaban J connectivity index is 1.20. The number of carboxylic acids is 1. The number of carboxylic acid groups (broad SMARTS) is 1. The van der Waals surface area contributed by atoms with Gasteiger partial charge in [0.25, 0.3) is 0 Å². The molecule has 1 N–H and O–H groups in total. The fraction of sp³-hybridized carbons (Fsp3) is 0.576. The molecule has 0 radical (unpaired) electrons. The van der Waals surface area contributed by atoms with E-state index >= 15 is 0 Å². The van der Waals surface area contributed by atoms with Gasteiger partial charge in [-0.3, -0.25) is 14.5 Å². The number of nitrogens with zero attached hydrogens (tertiary/aromatic N) is 3. The van der Waals surface area contributed by atoms with Crippen molar-refractivity contribution in [3.8, 4) is 0 Å². The van der Waals surface area contributed by atoms with Crippen LogP contribution in [0.5, 0.6) is 0 Å². The summed E-state index contributed by atoms with van der Waals surface area (Å²) in [6.45, 7) is 7.00. The first-order chi connectivity index (χ1) is 19.8. The van der Waals surface area contributed by atoms with Crippen molar-refractivity contribution in [3.63, 3.8) is 0 Å². The molecule has 3 aliphatic rings. The number of benzene rings is 2. The monoisotopic (exact) mass is 583 g/mol. The minimum atomic E-state index is -0.684. The molecule has 2 aromatic rings. The summed E-state index contributed by atoms with van der Waals surface area (Å²) in [6.07, 6.45) is 6.29. The largest absolute Gasteiger partial charge is 0.480 e. The van der Waals surface area contributed by atoms with Gasteiger partial charge in [0.2, 0.25) is 5.91 Å². The van der Waals surface area contributed by atoms with Crippen molar-refractivity contribution in [1.82, 2.24) is 14.7 Å². The van der Waals surface area contributed by atoms with Crippen LogP contribution in [-0.4, -0.2) is 83.0 Å². The number of piperidine rings is 1. The van der Waals surface area contributed by atoms with Gasteiger partial charge in [-0.1, -0.05) is 67.3 Å². The number of halogens is 2. The number of amides is 1. The molecule has 222 valence electrons. The summed E-state index contributed by atoms with van der Waals surface area (Å²) in [5, 5.41) is 10.4. The van der Waals surface area contributed by atoms with Gasteiger partial charge in [-0.2, -0.15) is 0 Å². The molecule has 3 unspecified atom stereocenters. The number of carbonyl (C=O) groups excluding carboxylic acids is 1. The van der Waals surface area contributed by atoms with Crippen molar-refractivity contribution in [2.45, 2.75) is 69.9 Å². The zero-order valence-corrected chi connectivity index (χ0v) is 24.8. The topological polar surface area (TPSA) is 64.1 Å². The van der Waals surface area contributed by atoms with Crippen LogP contribution < -0.4 is 0 Å². The molecule has 1 amide bonds. The zero-order chi connectivity index (χ0) is 28.9. The van der Waals surface area contributed by atoms with Crippen LogP contribution in [0.2, 0.25) is 5.02 Å². The summed E-state index contributed by atoms with van der Waals surface area (Å²) < 4.78 is 13.5. The molecule has 3 atom stereocenters. The minimum absolute atomic E-state index is 0.0289.